The molecule has 0 radical (unpaired) electrons. The van der Waals surface area contributed by atoms with E-state index in [-0.39, 0.29) is 12.3 Å². The summed E-state index contributed by atoms with van der Waals surface area (Å²) < 4.78 is 7.08. The molecule has 0 aliphatic carbocycles. The number of aromatic nitrogens is 1. The molecule has 1 aromatic heterocycles. The smallest absolute Gasteiger partial charge is 0.377 e. The molecule has 0 unspecified atom stereocenters. The molecule has 2 rings (SSSR count). The number of rotatable bonds is 6. The number of benzene rings is 1. The summed E-state index contributed by atoms with van der Waals surface area (Å²) in [7, 11) is 0. The van der Waals surface area contributed by atoms with Crippen molar-refractivity contribution in [1.82, 2.24) is 4.57 Å². The van der Waals surface area contributed by atoms with Crippen molar-refractivity contribution in [2.45, 2.75) is 6.73 Å². The number of carbonyl (C=O) groups excluding carboxylic acids is 1. The second-order valence-electron chi connectivity index (χ2n) is 3.92. The third-order valence-corrected chi connectivity index (χ3v) is 2.88. The van der Waals surface area contributed by atoms with Crippen LogP contribution in [0.25, 0.3) is 10.9 Å². The van der Waals surface area contributed by atoms with Gasteiger partial charge in [0.1, 0.15) is 6.73 Å². The standard InChI is InChI=1S/C13H13NO4S/c15-12(13(16)17)10-7-14(8-18-5-6-19)11-4-2-1-3-9(10)11/h1-4,7,19H,5-6,8H2,(H,16,17). The predicted octanol–water partition coefficient (Wildman–Crippen LogP) is 1.81. The number of aliphatic carboxylic acids is 1. The second kappa shape index (κ2) is 5.90. The van der Waals surface area contributed by atoms with Crippen molar-refractivity contribution in [3.8, 4) is 0 Å². The van der Waals surface area contributed by atoms with Crippen molar-refractivity contribution < 1.29 is 19.4 Å². The van der Waals surface area contributed by atoms with E-state index in [0.29, 0.717) is 17.7 Å². The molecule has 0 spiro atoms. The van der Waals surface area contributed by atoms with Crippen LogP contribution in [0.5, 0.6) is 0 Å². The maximum atomic E-state index is 11.6. The number of ether oxygens (including phenoxy) is 1. The van der Waals surface area contributed by atoms with E-state index in [1.54, 1.807) is 16.7 Å². The highest BCUT2D eigenvalue weighted by atomic mass is 32.1. The topological polar surface area (TPSA) is 68.5 Å². The highest BCUT2D eigenvalue weighted by molar-refractivity contribution is 7.80. The van der Waals surface area contributed by atoms with E-state index in [4.69, 9.17) is 9.84 Å². The summed E-state index contributed by atoms with van der Waals surface area (Å²) in [6, 6.07) is 7.13. The summed E-state index contributed by atoms with van der Waals surface area (Å²) in [5, 5.41) is 9.43. The van der Waals surface area contributed by atoms with Crippen molar-refractivity contribution >= 4 is 35.3 Å². The van der Waals surface area contributed by atoms with Gasteiger partial charge in [-0.15, -0.1) is 0 Å². The van der Waals surface area contributed by atoms with E-state index in [1.165, 1.54) is 6.20 Å². The van der Waals surface area contributed by atoms with Crippen LogP contribution < -0.4 is 0 Å². The molecule has 0 aliphatic heterocycles. The van der Waals surface area contributed by atoms with E-state index in [1.807, 2.05) is 12.1 Å². The summed E-state index contributed by atoms with van der Waals surface area (Å²) in [6.07, 6.45) is 1.51. The number of hydrogen-bond donors (Lipinski definition) is 2. The molecule has 1 N–H and O–H groups in total. The Morgan fingerprint density at radius 3 is 2.74 bits per heavy atom. The molecule has 19 heavy (non-hydrogen) atoms. The number of nitrogens with zero attached hydrogens (tertiary/aromatic N) is 1. The number of Topliss-reactive ketones (excluding diaryl/α,β-unsaturated/α-hetero) is 1. The van der Waals surface area contributed by atoms with Gasteiger partial charge in [0.2, 0.25) is 0 Å². The van der Waals surface area contributed by atoms with Crippen molar-refractivity contribution in [3.05, 3.63) is 36.0 Å². The summed E-state index contributed by atoms with van der Waals surface area (Å²) in [5.41, 5.74) is 0.948. The number of hydrogen-bond acceptors (Lipinski definition) is 4. The van der Waals surface area contributed by atoms with Gasteiger partial charge in [0.05, 0.1) is 17.7 Å². The number of carboxylic acids is 1. The second-order valence-corrected chi connectivity index (χ2v) is 4.37. The molecule has 0 saturated carbocycles. The summed E-state index contributed by atoms with van der Waals surface area (Å²) in [5.74, 6) is -1.77. The van der Waals surface area contributed by atoms with Crippen LogP contribution in [0, 0.1) is 0 Å². The van der Waals surface area contributed by atoms with Gasteiger partial charge in [-0.05, 0) is 6.07 Å². The van der Waals surface area contributed by atoms with Crippen LogP contribution in [0.2, 0.25) is 0 Å². The fourth-order valence-corrected chi connectivity index (χ4v) is 2.01. The lowest BCUT2D eigenvalue weighted by molar-refractivity contribution is -0.131. The quantitative estimate of drug-likeness (QED) is 0.366. The molecular weight excluding hydrogens is 266 g/mol. The Morgan fingerprint density at radius 2 is 2.05 bits per heavy atom. The molecule has 1 heterocycles. The molecule has 0 saturated heterocycles. The highest BCUT2D eigenvalue weighted by Gasteiger charge is 2.20. The Hall–Kier alpha value is -1.79. The van der Waals surface area contributed by atoms with Gasteiger partial charge in [-0.2, -0.15) is 12.6 Å². The van der Waals surface area contributed by atoms with Gasteiger partial charge < -0.3 is 14.4 Å². The van der Waals surface area contributed by atoms with Crippen LogP contribution in [0.15, 0.2) is 30.5 Å². The Bertz CT molecular complexity index is 620. The maximum absolute atomic E-state index is 11.6. The molecule has 6 heteroatoms. The first-order valence-corrected chi connectivity index (χ1v) is 6.32. The predicted molar refractivity (Wildman–Crippen MR) is 73.7 cm³/mol. The Kier molecular flexibility index (Phi) is 4.24. The largest absolute Gasteiger partial charge is 0.475 e. The Labute approximate surface area is 115 Å². The first kappa shape index (κ1) is 13.6. The van der Waals surface area contributed by atoms with E-state index < -0.39 is 11.8 Å². The van der Waals surface area contributed by atoms with Crippen LogP contribution in [-0.4, -0.2) is 33.8 Å². The van der Waals surface area contributed by atoms with Gasteiger partial charge in [-0.3, -0.25) is 4.79 Å². The maximum Gasteiger partial charge on any atom is 0.377 e. The lowest BCUT2D eigenvalue weighted by atomic mass is 10.1. The first-order chi connectivity index (χ1) is 9.15. The molecule has 0 atom stereocenters. The molecule has 1 aromatic carbocycles. The monoisotopic (exact) mass is 279 g/mol. The normalized spacial score (nSPS) is 10.8. The number of thiol groups is 1. The SMILES string of the molecule is O=C(O)C(=O)c1cn(COCCS)c2ccccc12. The van der Waals surface area contributed by atoms with Crippen molar-refractivity contribution in [1.29, 1.82) is 0 Å². The van der Waals surface area contributed by atoms with Crippen molar-refractivity contribution in [3.63, 3.8) is 0 Å². The summed E-state index contributed by atoms with van der Waals surface area (Å²) in [4.78, 5) is 22.4. The van der Waals surface area contributed by atoms with Crippen LogP contribution in [-0.2, 0) is 16.3 Å². The van der Waals surface area contributed by atoms with Crippen LogP contribution in [0.4, 0.5) is 0 Å². The van der Waals surface area contributed by atoms with E-state index >= 15 is 0 Å². The minimum atomic E-state index is -1.46. The molecule has 0 aliphatic rings. The summed E-state index contributed by atoms with van der Waals surface area (Å²) in [6.45, 7) is 0.742. The van der Waals surface area contributed by atoms with Crippen LogP contribution >= 0.6 is 12.6 Å². The number of fused-ring (bicyclic) bond motifs is 1. The molecule has 0 amide bonds. The zero-order chi connectivity index (χ0) is 13.8. The minimum Gasteiger partial charge on any atom is -0.475 e. The zero-order valence-electron chi connectivity index (χ0n) is 10.1. The van der Waals surface area contributed by atoms with Crippen LogP contribution in [0.1, 0.15) is 10.4 Å². The van der Waals surface area contributed by atoms with E-state index in [9.17, 15) is 9.59 Å². The third-order valence-electron chi connectivity index (χ3n) is 2.69. The molecule has 0 bridgehead atoms. The van der Waals surface area contributed by atoms with E-state index in [2.05, 4.69) is 12.6 Å². The summed E-state index contributed by atoms with van der Waals surface area (Å²) >= 11 is 4.04. The minimum absolute atomic E-state index is 0.178. The van der Waals surface area contributed by atoms with Gasteiger partial charge in [-0.1, -0.05) is 18.2 Å². The zero-order valence-corrected chi connectivity index (χ0v) is 11.0. The molecular formula is C13H13NO4S. The van der Waals surface area contributed by atoms with Crippen molar-refractivity contribution in [2.75, 3.05) is 12.4 Å². The molecule has 0 fully saturated rings. The van der Waals surface area contributed by atoms with Gasteiger partial charge in [0, 0.05) is 17.3 Å². The highest BCUT2D eigenvalue weighted by Crippen LogP contribution is 2.22. The Balaban J connectivity index is 2.42. The van der Waals surface area contributed by atoms with Gasteiger partial charge >= 0.3 is 5.97 Å². The molecule has 100 valence electrons. The average molecular weight is 279 g/mol. The molecule has 5 nitrogen and oxygen atoms in total. The van der Waals surface area contributed by atoms with Crippen molar-refractivity contribution in [2.24, 2.45) is 0 Å². The average Bonchev–Trinajstić information content (AvgIpc) is 2.77. The fraction of sp³-hybridized carbons (Fsp3) is 0.231. The van der Waals surface area contributed by atoms with Gasteiger partial charge in [-0.25, -0.2) is 4.79 Å². The van der Waals surface area contributed by atoms with Gasteiger partial charge in [0.25, 0.3) is 5.78 Å². The molecule has 2 aromatic rings. The van der Waals surface area contributed by atoms with E-state index in [0.717, 1.165) is 5.52 Å². The number of ketones is 1. The lowest BCUT2D eigenvalue weighted by Gasteiger charge is -2.05. The number of carbonyl (C=O) groups is 2. The van der Waals surface area contributed by atoms with Crippen LogP contribution in [0.3, 0.4) is 0 Å². The number of carboxylic acid groups (broad SMARTS) is 1. The third kappa shape index (κ3) is 2.80. The first-order valence-electron chi connectivity index (χ1n) is 5.69. The fourth-order valence-electron chi connectivity index (χ4n) is 1.88. The van der Waals surface area contributed by atoms with Gasteiger partial charge in [0.15, 0.2) is 0 Å². The number of para-hydroxylation sites is 1. The lowest BCUT2D eigenvalue weighted by Crippen LogP contribution is -2.12. The Morgan fingerprint density at radius 1 is 1.32 bits per heavy atom.